The van der Waals surface area contributed by atoms with Crippen LogP contribution in [0.3, 0.4) is 0 Å². The van der Waals surface area contributed by atoms with Gasteiger partial charge in [-0.3, -0.25) is 0 Å². The van der Waals surface area contributed by atoms with Gasteiger partial charge in [-0.15, -0.1) is 5.10 Å². The van der Waals surface area contributed by atoms with Crippen LogP contribution >= 0.6 is 39.1 Å². The van der Waals surface area contributed by atoms with E-state index in [0.717, 1.165) is 17.2 Å². The van der Waals surface area contributed by atoms with Gasteiger partial charge in [0.25, 0.3) is 0 Å². The molecule has 0 aliphatic rings. The number of rotatable bonds is 9. The summed E-state index contributed by atoms with van der Waals surface area (Å²) >= 11 is 15.4. The summed E-state index contributed by atoms with van der Waals surface area (Å²) in [4.78, 5) is 22.2. The van der Waals surface area contributed by atoms with Gasteiger partial charge in [0, 0.05) is 38.3 Å². The molecule has 0 saturated heterocycles. The fourth-order valence-electron chi connectivity index (χ4n) is 5.23. The van der Waals surface area contributed by atoms with Gasteiger partial charge in [-0.25, -0.2) is 9.59 Å². The molecule has 0 aliphatic carbocycles. The number of fused-ring (bicyclic) bond motifs is 1. The molecule has 266 valence electrons. The fraction of sp³-hybridized carbons (Fsp3) is 0.128. The van der Waals surface area contributed by atoms with Crippen molar-refractivity contribution in [1.82, 2.24) is 10.2 Å². The van der Waals surface area contributed by atoms with Crippen LogP contribution < -0.4 is 4.74 Å². The third-order valence-electron chi connectivity index (χ3n) is 7.82. The molecule has 6 aromatic rings. The largest absolute Gasteiger partial charge is 0.489 e. The number of esters is 1. The normalized spacial score (nSPS) is 11.1. The van der Waals surface area contributed by atoms with Gasteiger partial charge in [0.1, 0.15) is 17.9 Å². The van der Waals surface area contributed by atoms with Crippen molar-refractivity contribution >= 4 is 62.0 Å². The number of hydrogen-bond donors (Lipinski definition) is 1. The number of carbonyl (C=O) groups is 2. The first-order valence-corrected chi connectivity index (χ1v) is 17.3. The van der Waals surface area contributed by atoms with Crippen LogP contribution in [0.1, 0.15) is 48.7 Å². The molecule has 0 fully saturated rings. The Balaban J connectivity index is 0.000000340. The van der Waals surface area contributed by atoms with Gasteiger partial charge < -0.3 is 14.6 Å². The number of methoxy groups -OCH3 is 1. The molecule has 0 amide bonds. The number of halogens is 6. The summed E-state index contributed by atoms with van der Waals surface area (Å²) in [6.45, 7) is 0.0621. The molecular formula is C39H28BrCl2F3N2O5. The monoisotopic (exact) mass is 810 g/mol. The highest BCUT2D eigenvalue weighted by Crippen LogP contribution is 2.39. The van der Waals surface area contributed by atoms with Crippen molar-refractivity contribution in [2.75, 3.05) is 7.11 Å². The van der Waals surface area contributed by atoms with Crippen molar-refractivity contribution in [2.45, 2.75) is 24.5 Å². The number of hydrogen-bond acceptors (Lipinski definition) is 6. The lowest BCUT2D eigenvalue weighted by Crippen LogP contribution is -2.09. The molecule has 1 aromatic heterocycles. The summed E-state index contributed by atoms with van der Waals surface area (Å²) in [6.07, 6.45) is -4.22. The molecule has 0 bridgehead atoms. The minimum absolute atomic E-state index is 0.0620. The number of benzene rings is 5. The molecule has 0 atom stereocenters. The molecule has 1 N–H and O–H groups in total. The summed E-state index contributed by atoms with van der Waals surface area (Å²) < 4.78 is 51.9. The molecule has 0 radical (unpaired) electrons. The smallest absolute Gasteiger partial charge is 0.418 e. The first-order valence-electron chi connectivity index (χ1n) is 15.5. The lowest BCUT2D eigenvalue weighted by atomic mass is 9.94. The Morgan fingerprint density at radius 2 is 1.48 bits per heavy atom. The van der Waals surface area contributed by atoms with Crippen LogP contribution in [-0.4, -0.2) is 34.4 Å². The maximum atomic E-state index is 13.8. The Bertz CT molecular complexity index is 2240. The lowest BCUT2D eigenvalue weighted by molar-refractivity contribution is -0.136. The second-order valence-electron chi connectivity index (χ2n) is 11.2. The van der Waals surface area contributed by atoms with Crippen molar-refractivity contribution in [1.29, 1.82) is 0 Å². The van der Waals surface area contributed by atoms with Gasteiger partial charge in [-0.1, -0.05) is 106 Å². The average molecular weight is 812 g/mol. The third-order valence-corrected chi connectivity index (χ3v) is 9.13. The molecule has 0 saturated carbocycles. The van der Waals surface area contributed by atoms with E-state index in [9.17, 15) is 22.8 Å². The highest BCUT2D eigenvalue weighted by atomic mass is 79.9. The predicted octanol–water partition coefficient (Wildman–Crippen LogP) is 10.9. The SMILES string of the molecule is COC(=O)c1ccc(CBr)c(Cl)c1.O=C(O)c1ccc(COc2cccc(-c3c(Cc4ccccc4)nnc4c(C(F)(F)F)cccc34)c2)c(Cl)c1. The van der Waals surface area contributed by atoms with E-state index < -0.39 is 17.7 Å². The van der Waals surface area contributed by atoms with E-state index in [2.05, 4.69) is 30.9 Å². The van der Waals surface area contributed by atoms with Crippen LogP contribution in [0.15, 0.2) is 109 Å². The third kappa shape index (κ3) is 9.27. The van der Waals surface area contributed by atoms with E-state index in [-0.39, 0.29) is 28.7 Å². The molecule has 0 aliphatic heterocycles. The molecule has 1 heterocycles. The minimum Gasteiger partial charge on any atom is -0.489 e. The van der Waals surface area contributed by atoms with Crippen LogP contribution in [0.5, 0.6) is 5.75 Å². The van der Waals surface area contributed by atoms with Crippen LogP contribution in [-0.2, 0) is 29.3 Å². The first kappa shape index (κ1) is 38.3. The number of aromatic nitrogens is 2. The van der Waals surface area contributed by atoms with E-state index in [1.54, 1.807) is 54.6 Å². The highest BCUT2D eigenvalue weighted by molar-refractivity contribution is 9.08. The maximum absolute atomic E-state index is 13.8. The van der Waals surface area contributed by atoms with Crippen molar-refractivity contribution in [3.63, 3.8) is 0 Å². The summed E-state index contributed by atoms with van der Waals surface area (Å²) in [5.74, 6) is -1.01. The Morgan fingerprint density at radius 1 is 0.808 bits per heavy atom. The number of carbonyl (C=O) groups excluding carboxylic acids is 1. The van der Waals surface area contributed by atoms with E-state index in [1.807, 2.05) is 30.3 Å². The second kappa shape index (κ2) is 17.0. The van der Waals surface area contributed by atoms with Gasteiger partial charge in [-0.2, -0.15) is 18.3 Å². The molecule has 13 heteroatoms. The molecule has 0 unspecified atom stereocenters. The Morgan fingerprint density at radius 3 is 2.13 bits per heavy atom. The molecular weight excluding hydrogens is 784 g/mol. The Hall–Kier alpha value is -4.97. The number of alkyl halides is 4. The van der Waals surface area contributed by atoms with Gasteiger partial charge in [-0.05, 0) is 59.2 Å². The zero-order chi connectivity index (χ0) is 37.4. The highest BCUT2D eigenvalue weighted by Gasteiger charge is 2.34. The van der Waals surface area contributed by atoms with Crippen LogP contribution in [0, 0.1) is 0 Å². The summed E-state index contributed by atoms with van der Waals surface area (Å²) in [5, 5.41) is 19.2. The van der Waals surface area contributed by atoms with E-state index >= 15 is 0 Å². The van der Waals surface area contributed by atoms with Gasteiger partial charge in [0.15, 0.2) is 0 Å². The Kier molecular flexibility index (Phi) is 12.5. The zero-order valence-corrected chi connectivity index (χ0v) is 30.4. The summed E-state index contributed by atoms with van der Waals surface area (Å²) in [5.41, 5.74) is 3.60. The zero-order valence-electron chi connectivity index (χ0n) is 27.3. The second-order valence-corrected chi connectivity index (χ2v) is 12.6. The van der Waals surface area contributed by atoms with Crippen molar-refractivity contribution in [2.24, 2.45) is 0 Å². The van der Waals surface area contributed by atoms with Crippen LogP contribution in [0.2, 0.25) is 10.0 Å². The van der Waals surface area contributed by atoms with Crippen molar-refractivity contribution < 1.29 is 37.3 Å². The molecule has 5 aromatic carbocycles. The average Bonchev–Trinajstić information content (AvgIpc) is 3.14. The van der Waals surface area contributed by atoms with E-state index in [1.165, 1.54) is 25.3 Å². The first-order chi connectivity index (χ1) is 24.9. The van der Waals surface area contributed by atoms with Gasteiger partial charge >= 0.3 is 18.1 Å². The quantitative estimate of drug-likeness (QED) is 0.115. The number of ether oxygens (including phenoxy) is 2. The van der Waals surface area contributed by atoms with Gasteiger partial charge in [0.2, 0.25) is 0 Å². The fourth-order valence-corrected chi connectivity index (χ4v) is 6.37. The van der Waals surface area contributed by atoms with Gasteiger partial charge in [0.05, 0.1) is 29.5 Å². The number of carboxylic acid groups (broad SMARTS) is 1. The molecule has 52 heavy (non-hydrogen) atoms. The molecule has 7 nitrogen and oxygen atoms in total. The van der Waals surface area contributed by atoms with Crippen molar-refractivity contribution in [3.8, 4) is 16.9 Å². The standard InChI is InChI=1S/C30H20ClF3N2O3.C9H8BrClO2/c31-25-16-20(29(37)38)12-13-21(25)17-39-22-9-4-8-19(15-22)27-23-10-5-11-24(30(32,33)34)28(23)36-35-26(27)14-18-6-2-1-3-7-18;1-13-9(12)6-2-3-7(5-10)8(11)4-6/h1-13,15-16H,14,17H2,(H,37,38);2-4H,5H2,1H3. The number of nitrogens with zero attached hydrogens (tertiary/aromatic N) is 2. The van der Waals surface area contributed by atoms with Crippen LogP contribution in [0.4, 0.5) is 13.2 Å². The number of carboxylic acids is 1. The summed E-state index contributed by atoms with van der Waals surface area (Å²) in [7, 11) is 1.34. The van der Waals surface area contributed by atoms with E-state index in [4.69, 9.17) is 33.0 Å². The lowest BCUT2D eigenvalue weighted by Gasteiger charge is -2.16. The van der Waals surface area contributed by atoms with E-state index in [0.29, 0.717) is 55.9 Å². The number of aromatic carboxylic acids is 1. The molecule has 0 spiro atoms. The Labute approximate surface area is 315 Å². The molecule has 6 rings (SSSR count). The minimum atomic E-state index is -4.59. The topological polar surface area (TPSA) is 98.6 Å². The predicted molar refractivity (Wildman–Crippen MR) is 197 cm³/mol. The maximum Gasteiger partial charge on any atom is 0.418 e. The summed E-state index contributed by atoms with van der Waals surface area (Å²) in [6, 6.07) is 29.9. The van der Waals surface area contributed by atoms with Crippen LogP contribution in [0.25, 0.3) is 22.0 Å². The van der Waals surface area contributed by atoms with Crippen molar-refractivity contribution in [3.05, 3.63) is 158 Å².